The Hall–Kier alpha value is -2.69. The predicted octanol–water partition coefficient (Wildman–Crippen LogP) is 2.87. The summed E-state index contributed by atoms with van der Waals surface area (Å²) >= 11 is 0. The fraction of sp³-hybridized carbons (Fsp3) is 0.133. The molecule has 0 bridgehead atoms. The number of benzene rings is 2. The zero-order valence-corrected chi connectivity index (χ0v) is 10.6. The molecule has 2 heterocycles. The molecule has 1 aromatic heterocycles. The van der Waals surface area contributed by atoms with Crippen molar-refractivity contribution in [3.05, 3.63) is 48.3 Å². The standard InChI is InChI=1S/C15H12N2O3/c1-2-4-12-11(3-1)16-15(17-12)8-18-10-5-6-13-14(7-10)20-9-19-13/h1-7H,8-9H2,(H,16,17). The van der Waals surface area contributed by atoms with Crippen molar-refractivity contribution in [1.82, 2.24) is 9.97 Å². The second kappa shape index (κ2) is 4.45. The molecule has 1 aliphatic rings. The Labute approximate surface area is 115 Å². The minimum atomic E-state index is 0.266. The van der Waals surface area contributed by atoms with Gasteiger partial charge in [0.05, 0.1) is 11.0 Å². The first kappa shape index (κ1) is 11.2. The van der Waals surface area contributed by atoms with Crippen molar-refractivity contribution >= 4 is 11.0 Å². The first-order valence-electron chi connectivity index (χ1n) is 6.34. The van der Waals surface area contributed by atoms with Gasteiger partial charge in [0.1, 0.15) is 18.2 Å². The van der Waals surface area contributed by atoms with E-state index < -0.39 is 0 Å². The molecule has 2 aromatic carbocycles. The summed E-state index contributed by atoms with van der Waals surface area (Å²) in [5.41, 5.74) is 1.95. The molecule has 0 fully saturated rings. The molecule has 0 spiro atoms. The van der Waals surface area contributed by atoms with Crippen LogP contribution in [-0.2, 0) is 6.61 Å². The Morgan fingerprint density at radius 2 is 2.00 bits per heavy atom. The van der Waals surface area contributed by atoms with E-state index in [1.807, 2.05) is 42.5 Å². The van der Waals surface area contributed by atoms with Crippen molar-refractivity contribution < 1.29 is 14.2 Å². The highest BCUT2D eigenvalue weighted by Crippen LogP contribution is 2.35. The minimum absolute atomic E-state index is 0.266. The van der Waals surface area contributed by atoms with Gasteiger partial charge in [-0.1, -0.05) is 12.1 Å². The number of imidazole rings is 1. The molecule has 0 radical (unpaired) electrons. The van der Waals surface area contributed by atoms with Crippen molar-refractivity contribution in [2.24, 2.45) is 0 Å². The number of aromatic nitrogens is 2. The summed E-state index contributed by atoms with van der Waals surface area (Å²) in [6.07, 6.45) is 0. The van der Waals surface area contributed by atoms with E-state index in [0.717, 1.165) is 28.4 Å². The van der Waals surface area contributed by atoms with Crippen LogP contribution >= 0.6 is 0 Å². The normalized spacial score (nSPS) is 12.8. The highest BCUT2D eigenvalue weighted by molar-refractivity contribution is 5.74. The topological polar surface area (TPSA) is 56.4 Å². The Morgan fingerprint density at radius 1 is 1.10 bits per heavy atom. The van der Waals surface area contributed by atoms with Crippen LogP contribution in [-0.4, -0.2) is 16.8 Å². The molecule has 0 amide bonds. The zero-order valence-electron chi connectivity index (χ0n) is 10.6. The monoisotopic (exact) mass is 268 g/mol. The van der Waals surface area contributed by atoms with Gasteiger partial charge in [0, 0.05) is 6.07 Å². The molecule has 100 valence electrons. The van der Waals surface area contributed by atoms with Crippen LogP contribution in [0.15, 0.2) is 42.5 Å². The third-order valence-electron chi connectivity index (χ3n) is 3.16. The quantitative estimate of drug-likeness (QED) is 0.793. The zero-order chi connectivity index (χ0) is 13.4. The molecule has 0 atom stereocenters. The summed E-state index contributed by atoms with van der Waals surface area (Å²) in [4.78, 5) is 7.69. The van der Waals surface area contributed by atoms with Crippen molar-refractivity contribution in [3.63, 3.8) is 0 Å². The van der Waals surface area contributed by atoms with Gasteiger partial charge >= 0.3 is 0 Å². The molecule has 1 N–H and O–H groups in total. The van der Waals surface area contributed by atoms with Crippen LogP contribution in [0.3, 0.4) is 0 Å². The maximum Gasteiger partial charge on any atom is 0.231 e. The highest BCUT2D eigenvalue weighted by Gasteiger charge is 2.13. The lowest BCUT2D eigenvalue weighted by Gasteiger charge is -2.04. The van der Waals surface area contributed by atoms with Gasteiger partial charge in [-0.2, -0.15) is 0 Å². The molecular weight excluding hydrogens is 256 g/mol. The number of aromatic amines is 1. The van der Waals surface area contributed by atoms with E-state index in [9.17, 15) is 0 Å². The molecule has 0 saturated carbocycles. The molecule has 0 saturated heterocycles. The summed E-state index contributed by atoms with van der Waals surface area (Å²) in [6.45, 7) is 0.649. The van der Waals surface area contributed by atoms with E-state index in [4.69, 9.17) is 14.2 Å². The smallest absolute Gasteiger partial charge is 0.231 e. The Morgan fingerprint density at radius 3 is 2.95 bits per heavy atom. The lowest BCUT2D eigenvalue weighted by molar-refractivity contribution is 0.173. The van der Waals surface area contributed by atoms with Crippen molar-refractivity contribution in [1.29, 1.82) is 0 Å². The first-order valence-corrected chi connectivity index (χ1v) is 6.34. The van der Waals surface area contributed by atoms with Crippen molar-refractivity contribution in [2.45, 2.75) is 6.61 Å². The van der Waals surface area contributed by atoms with Gasteiger partial charge < -0.3 is 19.2 Å². The number of para-hydroxylation sites is 2. The van der Waals surface area contributed by atoms with E-state index in [1.165, 1.54) is 0 Å². The van der Waals surface area contributed by atoms with E-state index in [-0.39, 0.29) is 6.79 Å². The van der Waals surface area contributed by atoms with Crippen molar-refractivity contribution in [2.75, 3.05) is 6.79 Å². The number of hydrogen-bond donors (Lipinski definition) is 1. The molecule has 0 aliphatic carbocycles. The fourth-order valence-electron chi connectivity index (χ4n) is 2.19. The predicted molar refractivity (Wildman–Crippen MR) is 73.0 cm³/mol. The number of rotatable bonds is 3. The Balaban J connectivity index is 1.52. The molecule has 3 aromatic rings. The van der Waals surface area contributed by atoms with E-state index in [2.05, 4.69) is 9.97 Å². The average Bonchev–Trinajstić information content (AvgIpc) is 3.10. The first-order chi connectivity index (χ1) is 9.88. The number of nitrogens with zero attached hydrogens (tertiary/aromatic N) is 1. The lowest BCUT2D eigenvalue weighted by Crippen LogP contribution is -1.97. The molecule has 0 unspecified atom stereocenters. The van der Waals surface area contributed by atoms with Gasteiger partial charge in [0.15, 0.2) is 11.5 Å². The number of ether oxygens (including phenoxy) is 3. The van der Waals surface area contributed by atoms with Crippen LogP contribution in [0.25, 0.3) is 11.0 Å². The van der Waals surface area contributed by atoms with Crippen LogP contribution in [0.2, 0.25) is 0 Å². The minimum Gasteiger partial charge on any atom is -0.486 e. The molecule has 4 rings (SSSR count). The molecule has 5 heteroatoms. The highest BCUT2D eigenvalue weighted by atomic mass is 16.7. The molecular formula is C15H12N2O3. The summed E-state index contributed by atoms with van der Waals surface area (Å²) in [7, 11) is 0. The molecule has 1 aliphatic heterocycles. The number of H-pyrrole nitrogens is 1. The Kier molecular flexibility index (Phi) is 2.48. The van der Waals surface area contributed by atoms with Crippen LogP contribution in [0.5, 0.6) is 17.2 Å². The van der Waals surface area contributed by atoms with Gasteiger partial charge in [-0.25, -0.2) is 4.98 Å². The van der Waals surface area contributed by atoms with Crippen LogP contribution < -0.4 is 14.2 Å². The maximum absolute atomic E-state index is 5.72. The average molecular weight is 268 g/mol. The van der Waals surface area contributed by atoms with Gasteiger partial charge in [-0.3, -0.25) is 0 Å². The number of hydrogen-bond acceptors (Lipinski definition) is 4. The van der Waals surface area contributed by atoms with Crippen LogP contribution in [0, 0.1) is 0 Å². The fourth-order valence-corrected chi connectivity index (χ4v) is 2.19. The van der Waals surface area contributed by atoms with Crippen molar-refractivity contribution in [3.8, 4) is 17.2 Å². The lowest BCUT2D eigenvalue weighted by atomic mass is 10.3. The second-order valence-electron chi connectivity index (χ2n) is 4.50. The van der Waals surface area contributed by atoms with E-state index in [1.54, 1.807) is 0 Å². The third-order valence-corrected chi connectivity index (χ3v) is 3.16. The van der Waals surface area contributed by atoms with Crippen LogP contribution in [0.4, 0.5) is 0 Å². The summed E-state index contributed by atoms with van der Waals surface area (Å²) < 4.78 is 16.3. The second-order valence-corrected chi connectivity index (χ2v) is 4.50. The van der Waals surface area contributed by atoms with E-state index in [0.29, 0.717) is 12.4 Å². The largest absolute Gasteiger partial charge is 0.486 e. The molecule has 20 heavy (non-hydrogen) atoms. The summed E-state index contributed by atoms with van der Waals surface area (Å²) in [6, 6.07) is 13.4. The molecule has 5 nitrogen and oxygen atoms in total. The number of fused-ring (bicyclic) bond motifs is 2. The van der Waals surface area contributed by atoms with Gasteiger partial charge in [-0.15, -0.1) is 0 Å². The van der Waals surface area contributed by atoms with Gasteiger partial charge in [0.2, 0.25) is 6.79 Å². The van der Waals surface area contributed by atoms with Crippen LogP contribution in [0.1, 0.15) is 5.82 Å². The third kappa shape index (κ3) is 1.93. The summed E-state index contributed by atoms with van der Waals surface area (Å²) in [5.74, 6) is 2.99. The maximum atomic E-state index is 5.72. The van der Waals surface area contributed by atoms with Gasteiger partial charge in [0.25, 0.3) is 0 Å². The van der Waals surface area contributed by atoms with E-state index >= 15 is 0 Å². The van der Waals surface area contributed by atoms with Gasteiger partial charge in [-0.05, 0) is 24.3 Å². The number of nitrogens with one attached hydrogen (secondary N) is 1. The Bertz CT molecular complexity index is 734. The SMILES string of the molecule is c1ccc2[nH]c(COc3ccc4c(c3)OCO4)nc2c1. The summed E-state index contributed by atoms with van der Waals surface area (Å²) in [5, 5.41) is 0.